The molecule has 0 aliphatic carbocycles. The minimum absolute atomic E-state index is 0.231. The molecule has 1 rings (SSSR count). The Morgan fingerprint density at radius 3 is 2.29 bits per heavy atom. The van der Waals surface area contributed by atoms with Crippen molar-refractivity contribution in [2.75, 3.05) is 25.1 Å². The van der Waals surface area contributed by atoms with Crippen LogP contribution in [-0.2, 0) is 4.74 Å². The number of ether oxygens (including phenoxy) is 1. The minimum atomic E-state index is -0.231. The fraction of sp³-hybridized carbons (Fsp3) is 0.611. The average Bonchev–Trinajstić information content (AvgIpc) is 2.52. The van der Waals surface area contributed by atoms with Gasteiger partial charge in [-0.1, -0.05) is 39.5 Å². The second kappa shape index (κ2) is 10.3. The number of rotatable bonds is 10. The molecule has 0 spiro atoms. The molecule has 0 saturated carbocycles. The highest BCUT2D eigenvalue weighted by molar-refractivity contribution is 5.89. The van der Waals surface area contributed by atoms with Crippen molar-refractivity contribution < 1.29 is 9.53 Å². The third-order valence-electron chi connectivity index (χ3n) is 3.58. The average molecular weight is 291 g/mol. The summed E-state index contributed by atoms with van der Waals surface area (Å²) in [5, 5.41) is 0. The van der Waals surface area contributed by atoms with Crippen molar-refractivity contribution >= 4 is 11.7 Å². The Kier molecular flexibility index (Phi) is 8.56. The SMILES string of the molecule is CCCCCCCN(C)c1ccc(C(=O)OCCC)cc1. The summed E-state index contributed by atoms with van der Waals surface area (Å²) >= 11 is 0. The van der Waals surface area contributed by atoms with Crippen LogP contribution in [0.2, 0.25) is 0 Å². The van der Waals surface area contributed by atoms with E-state index in [9.17, 15) is 4.79 Å². The summed E-state index contributed by atoms with van der Waals surface area (Å²) in [5.41, 5.74) is 1.78. The van der Waals surface area contributed by atoms with Crippen LogP contribution in [-0.4, -0.2) is 26.2 Å². The van der Waals surface area contributed by atoms with Gasteiger partial charge in [0, 0.05) is 19.3 Å². The van der Waals surface area contributed by atoms with Crippen molar-refractivity contribution in [1.82, 2.24) is 0 Å². The first kappa shape index (κ1) is 17.5. The molecule has 0 heterocycles. The smallest absolute Gasteiger partial charge is 0.338 e. The molecule has 0 radical (unpaired) electrons. The molecule has 0 atom stereocenters. The fourth-order valence-corrected chi connectivity index (χ4v) is 2.21. The molecule has 0 aliphatic heterocycles. The summed E-state index contributed by atoms with van der Waals surface area (Å²) in [7, 11) is 2.10. The zero-order chi connectivity index (χ0) is 15.5. The monoisotopic (exact) mass is 291 g/mol. The van der Waals surface area contributed by atoms with Crippen molar-refractivity contribution in [3.05, 3.63) is 29.8 Å². The molecule has 21 heavy (non-hydrogen) atoms. The van der Waals surface area contributed by atoms with E-state index in [1.165, 1.54) is 32.1 Å². The number of hydrogen-bond acceptors (Lipinski definition) is 3. The van der Waals surface area contributed by atoms with Crippen LogP contribution in [0.4, 0.5) is 5.69 Å². The first-order chi connectivity index (χ1) is 10.2. The molecular weight excluding hydrogens is 262 g/mol. The fourth-order valence-electron chi connectivity index (χ4n) is 2.21. The van der Waals surface area contributed by atoms with E-state index in [1.54, 1.807) is 0 Å². The lowest BCUT2D eigenvalue weighted by atomic mass is 10.1. The number of nitrogens with zero attached hydrogens (tertiary/aromatic N) is 1. The van der Waals surface area contributed by atoms with Crippen molar-refractivity contribution in [3.63, 3.8) is 0 Å². The van der Waals surface area contributed by atoms with Crippen molar-refractivity contribution in [3.8, 4) is 0 Å². The lowest BCUT2D eigenvalue weighted by Gasteiger charge is -2.19. The lowest BCUT2D eigenvalue weighted by molar-refractivity contribution is 0.0505. The van der Waals surface area contributed by atoms with Crippen LogP contribution >= 0.6 is 0 Å². The summed E-state index contributed by atoms with van der Waals surface area (Å²) in [5.74, 6) is -0.231. The largest absolute Gasteiger partial charge is 0.462 e. The van der Waals surface area contributed by atoms with E-state index in [0.29, 0.717) is 12.2 Å². The molecule has 0 N–H and O–H groups in total. The van der Waals surface area contributed by atoms with E-state index in [1.807, 2.05) is 31.2 Å². The quantitative estimate of drug-likeness (QED) is 0.464. The van der Waals surface area contributed by atoms with Crippen LogP contribution in [0, 0.1) is 0 Å². The summed E-state index contributed by atoms with van der Waals surface area (Å²) in [6.45, 7) is 5.77. The van der Waals surface area contributed by atoms with Crippen molar-refractivity contribution in [1.29, 1.82) is 0 Å². The van der Waals surface area contributed by atoms with Gasteiger partial charge in [0.2, 0.25) is 0 Å². The standard InChI is InChI=1S/C18H29NO2/c1-4-6-7-8-9-14-19(3)17-12-10-16(11-13-17)18(20)21-15-5-2/h10-13H,4-9,14-15H2,1-3H3. The first-order valence-electron chi connectivity index (χ1n) is 8.17. The van der Waals surface area contributed by atoms with Gasteiger partial charge in [0.15, 0.2) is 0 Å². The Morgan fingerprint density at radius 1 is 1.00 bits per heavy atom. The van der Waals surface area contributed by atoms with Crippen LogP contribution in [0.25, 0.3) is 0 Å². The van der Waals surface area contributed by atoms with Gasteiger partial charge in [0.1, 0.15) is 0 Å². The summed E-state index contributed by atoms with van der Waals surface area (Å²) in [6.07, 6.45) is 7.30. The molecule has 0 fully saturated rings. The predicted octanol–water partition coefficient (Wildman–Crippen LogP) is 4.66. The second-order valence-corrected chi connectivity index (χ2v) is 5.52. The number of carbonyl (C=O) groups excluding carboxylic acids is 1. The van der Waals surface area contributed by atoms with E-state index in [0.717, 1.165) is 18.7 Å². The van der Waals surface area contributed by atoms with Gasteiger partial charge in [0.05, 0.1) is 12.2 Å². The zero-order valence-corrected chi connectivity index (χ0v) is 13.7. The summed E-state index contributed by atoms with van der Waals surface area (Å²) in [4.78, 5) is 14.0. The molecule has 0 aromatic heterocycles. The van der Waals surface area contributed by atoms with Gasteiger partial charge in [0.25, 0.3) is 0 Å². The third-order valence-corrected chi connectivity index (χ3v) is 3.58. The van der Waals surface area contributed by atoms with E-state index in [2.05, 4.69) is 18.9 Å². The number of hydrogen-bond donors (Lipinski definition) is 0. The Bertz CT molecular complexity index is 400. The Balaban J connectivity index is 2.40. The Labute approximate surface area is 129 Å². The molecule has 3 nitrogen and oxygen atoms in total. The molecule has 0 aliphatic rings. The summed E-state index contributed by atoms with van der Waals surface area (Å²) < 4.78 is 5.13. The van der Waals surface area contributed by atoms with Crippen LogP contribution in [0.3, 0.4) is 0 Å². The maximum absolute atomic E-state index is 11.7. The molecule has 118 valence electrons. The highest BCUT2D eigenvalue weighted by Gasteiger charge is 2.07. The lowest BCUT2D eigenvalue weighted by Crippen LogP contribution is -2.18. The molecule has 1 aromatic carbocycles. The van der Waals surface area contributed by atoms with Crippen molar-refractivity contribution in [2.24, 2.45) is 0 Å². The first-order valence-corrected chi connectivity index (χ1v) is 8.17. The van der Waals surface area contributed by atoms with Crippen molar-refractivity contribution in [2.45, 2.75) is 52.4 Å². The van der Waals surface area contributed by atoms with Crippen LogP contribution in [0.1, 0.15) is 62.7 Å². The number of unbranched alkanes of at least 4 members (excludes halogenated alkanes) is 4. The molecule has 0 bridgehead atoms. The zero-order valence-electron chi connectivity index (χ0n) is 13.7. The Morgan fingerprint density at radius 2 is 1.67 bits per heavy atom. The van der Waals surface area contributed by atoms with E-state index in [-0.39, 0.29) is 5.97 Å². The number of benzene rings is 1. The predicted molar refractivity (Wildman–Crippen MR) is 89.0 cm³/mol. The van der Waals surface area contributed by atoms with Gasteiger partial charge in [-0.3, -0.25) is 0 Å². The number of esters is 1. The Hall–Kier alpha value is -1.51. The molecule has 0 saturated heterocycles. The van der Waals surface area contributed by atoms with Gasteiger partial charge in [-0.2, -0.15) is 0 Å². The van der Waals surface area contributed by atoms with E-state index in [4.69, 9.17) is 4.74 Å². The van der Waals surface area contributed by atoms with Gasteiger partial charge < -0.3 is 9.64 Å². The molecule has 0 amide bonds. The van der Waals surface area contributed by atoms with E-state index < -0.39 is 0 Å². The van der Waals surface area contributed by atoms with Gasteiger partial charge in [-0.15, -0.1) is 0 Å². The van der Waals surface area contributed by atoms with E-state index >= 15 is 0 Å². The van der Waals surface area contributed by atoms with Gasteiger partial charge in [-0.25, -0.2) is 4.79 Å². The molecular formula is C18H29NO2. The second-order valence-electron chi connectivity index (χ2n) is 5.52. The van der Waals surface area contributed by atoms with Crippen LogP contribution in [0.15, 0.2) is 24.3 Å². The maximum atomic E-state index is 11.7. The van der Waals surface area contributed by atoms with Crippen LogP contribution < -0.4 is 4.90 Å². The molecule has 3 heteroatoms. The van der Waals surface area contributed by atoms with Crippen LogP contribution in [0.5, 0.6) is 0 Å². The third kappa shape index (κ3) is 6.65. The highest BCUT2D eigenvalue weighted by atomic mass is 16.5. The molecule has 0 unspecified atom stereocenters. The van der Waals surface area contributed by atoms with Gasteiger partial charge in [-0.05, 0) is 37.1 Å². The highest BCUT2D eigenvalue weighted by Crippen LogP contribution is 2.15. The van der Waals surface area contributed by atoms with Gasteiger partial charge >= 0.3 is 5.97 Å². The number of anilines is 1. The summed E-state index contributed by atoms with van der Waals surface area (Å²) in [6, 6.07) is 7.69. The number of carbonyl (C=O) groups is 1. The topological polar surface area (TPSA) is 29.5 Å². The molecule has 1 aromatic rings. The minimum Gasteiger partial charge on any atom is -0.462 e. The maximum Gasteiger partial charge on any atom is 0.338 e. The normalized spacial score (nSPS) is 10.4.